The number of benzene rings is 1. The molecule has 0 spiro atoms. The van der Waals surface area contributed by atoms with E-state index in [2.05, 4.69) is 0 Å². The lowest BCUT2D eigenvalue weighted by molar-refractivity contribution is 0.0680. The maximum Gasteiger partial charge on any atom is 0.255 e. The van der Waals surface area contributed by atoms with E-state index in [1.807, 2.05) is 6.92 Å². The Hall–Kier alpha value is -1.20. The number of halogens is 3. The largest absolute Gasteiger partial charge is 0.339 e. The second-order valence-electron chi connectivity index (χ2n) is 5.23. The van der Waals surface area contributed by atoms with Crippen molar-refractivity contribution in [3.63, 3.8) is 0 Å². The van der Waals surface area contributed by atoms with Gasteiger partial charge in [-0.3, -0.25) is 4.79 Å². The molecular formula is C14H17ClF2N2O. The molecule has 1 aliphatic heterocycles. The number of nitrogens with two attached hydrogens (primary N) is 1. The highest BCUT2D eigenvalue weighted by molar-refractivity contribution is 6.33. The van der Waals surface area contributed by atoms with E-state index in [0.29, 0.717) is 19.0 Å². The molecule has 0 saturated carbocycles. The number of likely N-dealkylation sites (tertiary alicyclic amines) is 1. The first-order valence-corrected chi connectivity index (χ1v) is 6.97. The van der Waals surface area contributed by atoms with Crippen LogP contribution in [0.5, 0.6) is 0 Å². The zero-order valence-corrected chi connectivity index (χ0v) is 12.0. The second kappa shape index (κ2) is 6.06. The van der Waals surface area contributed by atoms with Crippen molar-refractivity contribution in [2.75, 3.05) is 13.1 Å². The fourth-order valence-electron chi connectivity index (χ4n) is 2.49. The molecule has 1 fully saturated rings. The van der Waals surface area contributed by atoms with Crippen LogP contribution in [0.4, 0.5) is 8.78 Å². The van der Waals surface area contributed by atoms with Gasteiger partial charge in [0.2, 0.25) is 0 Å². The number of nitrogens with zero attached hydrogens (tertiary/aromatic N) is 1. The highest BCUT2D eigenvalue weighted by atomic mass is 35.5. The predicted octanol–water partition coefficient (Wildman–Crippen LogP) is 2.82. The lowest BCUT2D eigenvalue weighted by Gasteiger charge is -2.33. The quantitative estimate of drug-likeness (QED) is 0.854. The number of hydrogen-bond donors (Lipinski definition) is 1. The highest BCUT2D eigenvalue weighted by Crippen LogP contribution is 2.25. The average molecular weight is 303 g/mol. The van der Waals surface area contributed by atoms with E-state index >= 15 is 0 Å². The number of hydrogen-bond acceptors (Lipinski definition) is 2. The van der Waals surface area contributed by atoms with Crippen molar-refractivity contribution in [3.05, 3.63) is 34.4 Å². The molecule has 1 heterocycles. The van der Waals surface area contributed by atoms with Crippen LogP contribution in [0.3, 0.4) is 0 Å². The lowest BCUT2D eigenvalue weighted by atomic mass is 9.90. The van der Waals surface area contributed by atoms with Gasteiger partial charge in [0.15, 0.2) is 11.6 Å². The van der Waals surface area contributed by atoms with Crippen LogP contribution in [-0.2, 0) is 0 Å². The van der Waals surface area contributed by atoms with Gasteiger partial charge in [-0.2, -0.15) is 0 Å². The second-order valence-corrected chi connectivity index (χ2v) is 5.64. The summed E-state index contributed by atoms with van der Waals surface area (Å²) >= 11 is 5.82. The number of piperidine rings is 1. The Labute approximate surface area is 121 Å². The molecule has 1 aromatic carbocycles. The molecule has 2 rings (SSSR count). The number of amides is 1. The summed E-state index contributed by atoms with van der Waals surface area (Å²) in [5, 5.41) is -0.0665. The van der Waals surface area contributed by atoms with Crippen molar-refractivity contribution in [2.24, 2.45) is 11.7 Å². The van der Waals surface area contributed by atoms with Crippen LogP contribution in [0.25, 0.3) is 0 Å². The van der Waals surface area contributed by atoms with Gasteiger partial charge in [-0.1, -0.05) is 11.6 Å². The fourth-order valence-corrected chi connectivity index (χ4v) is 2.72. The number of carbonyl (C=O) groups is 1. The first kappa shape index (κ1) is 15.2. The van der Waals surface area contributed by atoms with Gasteiger partial charge in [-0.05, 0) is 37.8 Å². The molecular weight excluding hydrogens is 286 g/mol. The Morgan fingerprint density at radius 2 is 1.90 bits per heavy atom. The summed E-state index contributed by atoms with van der Waals surface area (Å²) in [7, 11) is 0. The molecule has 0 radical (unpaired) electrons. The third-order valence-electron chi connectivity index (χ3n) is 3.81. The normalized spacial score (nSPS) is 18.1. The zero-order chi connectivity index (χ0) is 14.9. The summed E-state index contributed by atoms with van der Waals surface area (Å²) in [6, 6.07) is 1.79. The van der Waals surface area contributed by atoms with E-state index in [0.717, 1.165) is 25.0 Å². The zero-order valence-electron chi connectivity index (χ0n) is 11.2. The molecule has 6 heteroatoms. The first-order chi connectivity index (χ1) is 9.40. The summed E-state index contributed by atoms with van der Waals surface area (Å²) in [4.78, 5) is 13.9. The van der Waals surface area contributed by atoms with Crippen molar-refractivity contribution >= 4 is 17.5 Å². The molecule has 20 heavy (non-hydrogen) atoms. The van der Waals surface area contributed by atoms with Crippen LogP contribution in [-0.4, -0.2) is 29.9 Å². The van der Waals surface area contributed by atoms with E-state index in [9.17, 15) is 13.6 Å². The molecule has 0 aliphatic carbocycles. The van der Waals surface area contributed by atoms with Crippen molar-refractivity contribution in [1.82, 2.24) is 4.90 Å². The minimum Gasteiger partial charge on any atom is -0.339 e. The van der Waals surface area contributed by atoms with Crippen LogP contribution in [0.15, 0.2) is 12.1 Å². The molecule has 1 saturated heterocycles. The lowest BCUT2D eigenvalue weighted by Crippen LogP contribution is -2.42. The van der Waals surface area contributed by atoms with Crippen LogP contribution in [0.2, 0.25) is 5.02 Å². The third kappa shape index (κ3) is 3.10. The maximum absolute atomic E-state index is 13.2. The van der Waals surface area contributed by atoms with Crippen LogP contribution >= 0.6 is 11.6 Å². The third-order valence-corrected chi connectivity index (χ3v) is 4.12. The van der Waals surface area contributed by atoms with Crippen LogP contribution in [0, 0.1) is 17.6 Å². The molecule has 1 aromatic rings. The summed E-state index contributed by atoms with van der Waals surface area (Å²) in [6.07, 6.45) is 1.62. The molecule has 1 unspecified atom stereocenters. The Morgan fingerprint density at radius 1 is 1.35 bits per heavy atom. The van der Waals surface area contributed by atoms with Crippen molar-refractivity contribution < 1.29 is 13.6 Å². The minimum absolute atomic E-state index is 0.00446. The molecule has 1 atom stereocenters. The topological polar surface area (TPSA) is 46.3 Å². The van der Waals surface area contributed by atoms with Gasteiger partial charge in [0.25, 0.3) is 5.91 Å². The average Bonchev–Trinajstić information content (AvgIpc) is 2.42. The molecule has 1 amide bonds. The highest BCUT2D eigenvalue weighted by Gasteiger charge is 2.27. The molecule has 1 aliphatic rings. The Morgan fingerprint density at radius 3 is 2.45 bits per heavy atom. The van der Waals surface area contributed by atoms with Crippen molar-refractivity contribution in [1.29, 1.82) is 0 Å². The van der Waals surface area contributed by atoms with E-state index in [1.54, 1.807) is 4.90 Å². The monoisotopic (exact) mass is 302 g/mol. The molecule has 0 bridgehead atoms. The maximum atomic E-state index is 13.2. The van der Waals surface area contributed by atoms with Crippen LogP contribution < -0.4 is 5.73 Å². The fraction of sp³-hybridized carbons (Fsp3) is 0.500. The van der Waals surface area contributed by atoms with Gasteiger partial charge in [-0.25, -0.2) is 8.78 Å². The molecule has 0 aromatic heterocycles. The Kier molecular flexibility index (Phi) is 4.60. The molecule has 110 valence electrons. The first-order valence-electron chi connectivity index (χ1n) is 6.59. The smallest absolute Gasteiger partial charge is 0.255 e. The summed E-state index contributed by atoms with van der Waals surface area (Å²) in [6.45, 7) is 3.06. The van der Waals surface area contributed by atoms with Crippen molar-refractivity contribution in [2.45, 2.75) is 25.8 Å². The van der Waals surface area contributed by atoms with E-state index in [1.165, 1.54) is 0 Å². The van der Waals surface area contributed by atoms with Gasteiger partial charge in [0, 0.05) is 19.1 Å². The van der Waals surface area contributed by atoms with Gasteiger partial charge in [-0.15, -0.1) is 0 Å². The summed E-state index contributed by atoms with van der Waals surface area (Å²) < 4.78 is 26.2. The van der Waals surface area contributed by atoms with Gasteiger partial charge >= 0.3 is 0 Å². The Bertz CT molecular complexity index is 514. The Balaban J connectivity index is 2.11. The summed E-state index contributed by atoms with van der Waals surface area (Å²) in [5.74, 6) is -2.10. The van der Waals surface area contributed by atoms with Gasteiger partial charge < -0.3 is 10.6 Å². The van der Waals surface area contributed by atoms with Gasteiger partial charge in [0.05, 0.1) is 10.6 Å². The number of rotatable bonds is 2. The SMILES string of the molecule is CC(N)C1CCN(C(=O)c2cc(F)c(F)cc2Cl)CC1. The minimum atomic E-state index is -1.07. The van der Waals surface area contributed by atoms with E-state index < -0.39 is 11.6 Å². The van der Waals surface area contributed by atoms with E-state index in [4.69, 9.17) is 17.3 Å². The number of carbonyl (C=O) groups excluding carboxylic acids is 1. The van der Waals surface area contributed by atoms with Crippen molar-refractivity contribution in [3.8, 4) is 0 Å². The predicted molar refractivity (Wildman–Crippen MR) is 73.6 cm³/mol. The summed E-state index contributed by atoms with van der Waals surface area (Å²) in [5.41, 5.74) is 5.85. The standard InChI is InChI=1S/C14H17ClF2N2O/c1-8(18)9-2-4-19(5-3-9)14(20)10-6-12(16)13(17)7-11(10)15/h6-9H,2-5,18H2,1H3. The molecule has 2 N–H and O–H groups in total. The van der Waals surface area contributed by atoms with Gasteiger partial charge in [0.1, 0.15) is 0 Å². The van der Waals surface area contributed by atoms with E-state index in [-0.39, 0.29) is 22.5 Å². The van der Waals surface area contributed by atoms with Crippen LogP contribution in [0.1, 0.15) is 30.1 Å². The molecule has 3 nitrogen and oxygen atoms in total.